The lowest BCUT2D eigenvalue weighted by Gasteiger charge is -2.05. The molecule has 0 aromatic heterocycles. The molecule has 76 valence electrons. The molecule has 0 saturated heterocycles. The van der Waals surface area contributed by atoms with E-state index in [0.717, 1.165) is 11.1 Å². The van der Waals surface area contributed by atoms with Gasteiger partial charge in [0.1, 0.15) is 5.82 Å². The topological polar surface area (TPSA) is 26.0 Å². The SMILES string of the molecule is Cc1ccc(-c2cc(N)ccc2F)cc1. The largest absolute Gasteiger partial charge is 0.399 e. The molecular formula is C13H12FN. The van der Waals surface area contributed by atoms with Crippen LogP contribution >= 0.6 is 0 Å². The molecule has 0 atom stereocenters. The highest BCUT2D eigenvalue weighted by Crippen LogP contribution is 2.24. The van der Waals surface area contributed by atoms with E-state index in [4.69, 9.17) is 5.73 Å². The monoisotopic (exact) mass is 201 g/mol. The zero-order chi connectivity index (χ0) is 10.8. The van der Waals surface area contributed by atoms with Gasteiger partial charge in [0.15, 0.2) is 0 Å². The highest BCUT2D eigenvalue weighted by Gasteiger charge is 2.04. The van der Waals surface area contributed by atoms with Crippen LogP contribution in [0, 0.1) is 12.7 Å². The van der Waals surface area contributed by atoms with Crippen LogP contribution in [-0.4, -0.2) is 0 Å². The van der Waals surface area contributed by atoms with E-state index >= 15 is 0 Å². The summed E-state index contributed by atoms with van der Waals surface area (Å²) in [5, 5.41) is 0. The summed E-state index contributed by atoms with van der Waals surface area (Å²) >= 11 is 0. The van der Waals surface area contributed by atoms with Crippen molar-refractivity contribution in [2.45, 2.75) is 6.92 Å². The third-order valence-electron chi connectivity index (χ3n) is 2.35. The Morgan fingerprint density at radius 2 is 1.67 bits per heavy atom. The van der Waals surface area contributed by atoms with Gasteiger partial charge >= 0.3 is 0 Å². The first-order valence-corrected chi connectivity index (χ1v) is 4.79. The van der Waals surface area contributed by atoms with Crippen LogP contribution in [0.25, 0.3) is 11.1 Å². The predicted molar refractivity (Wildman–Crippen MR) is 61.0 cm³/mol. The van der Waals surface area contributed by atoms with Crippen LogP contribution < -0.4 is 5.73 Å². The molecule has 2 heteroatoms. The summed E-state index contributed by atoms with van der Waals surface area (Å²) in [6, 6.07) is 12.3. The lowest BCUT2D eigenvalue weighted by atomic mass is 10.0. The average molecular weight is 201 g/mol. The Balaban J connectivity index is 2.53. The number of hydrogen-bond donors (Lipinski definition) is 1. The maximum Gasteiger partial charge on any atom is 0.131 e. The summed E-state index contributed by atoms with van der Waals surface area (Å²) in [4.78, 5) is 0. The summed E-state index contributed by atoms with van der Waals surface area (Å²) in [6.07, 6.45) is 0. The van der Waals surface area contributed by atoms with Crippen LogP contribution in [0.4, 0.5) is 10.1 Å². The van der Waals surface area contributed by atoms with Gasteiger partial charge in [0, 0.05) is 11.3 Å². The maximum absolute atomic E-state index is 13.5. The minimum absolute atomic E-state index is 0.243. The van der Waals surface area contributed by atoms with Gasteiger partial charge in [-0.25, -0.2) is 4.39 Å². The second kappa shape index (κ2) is 3.73. The summed E-state index contributed by atoms with van der Waals surface area (Å²) in [7, 11) is 0. The Morgan fingerprint density at radius 1 is 1.00 bits per heavy atom. The van der Waals surface area contributed by atoms with Gasteiger partial charge in [-0.15, -0.1) is 0 Å². The molecule has 2 aromatic carbocycles. The molecule has 15 heavy (non-hydrogen) atoms. The molecular weight excluding hydrogens is 189 g/mol. The Kier molecular flexibility index (Phi) is 2.42. The van der Waals surface area contributed by atoms with E-state index in [1.54, 1.807) is 12.1 Å². The molecule has 0 heterocycles. The molecule has 0 unspecified atom stereocenters. The van der Waals surface area contributed by atoms with Crippen molar-refractivity contribution >= 4 is 5.69 Å². The van der Waals surface area contributed by atoms with Gasteiger partial charge in [0.05, 0.1) is 0 Å². The van der Waals surface area contributed by atoms with Gasteiger partial charge < -0.3 is 5.73 Å². The van der Waals surface area contributed by atoms with E-state index in [2.05, 4.69) is 0 Å². The first kappa shape index (κ1) is 9.71. The van der Waals surface area contributed by atoms with Gasteiger partial charge in [-0.2, -0.15) is 0 Å². The fraction of sp³-hybridized carbons (Fsp3) is 0.0769. The number of rotatable bonds is 1. The van der Waals surface area contributed by atoms with Crippen molar-refractivity contribution in [1.82, 2.24) is 0 Å². The smallest absolute Gasteiger partial charge is 0.131 e. The molecule has 0 bridgehead atoms. The molecule has 0 aliphatic rings. The molecule has 2 N–H and O–H groups in total. The Hall–Kier alpha value is -1.83. The zero-order valence-corrected chi connectivity index (χ0v) is 8.50. The summed E-state index contributed by atoms with van der Waals surface area (Å²) < 4.78 is 13.5. The second-order valence-corrected chi connectivity index (χ2v) is 3.61. The second-order valence-electron chi connectivity index (χ2n) is 3.61. The number of nitrogens with two attached hydrogens (primary N) is 1. The summed E-state index contributed by atoms with van der Waals surface area (Å²) in [5.74, 6) is -0.243. The highest BCUT2D eigenvalue weighted by molar-refractivity contribution is 5.68. The maximum atomic E-state index is 13.5. The molecule has 2 aromatic rings. The van der Waals surface area contributed by atoms with Crippen molar-refractivity contribution < 1.29 is 4.39 Å². The molecule has 0 aliphatic carbocycles. The van der Waals surface area contributed by atoms with Crippen molar-refractivity contribution in [2.75, 3.05) is 5.73 Å². The van der Waals surface area contributed by atoms with Crippen molar-refractivity contribution in [3.63, 3.8) is 0 Å². The van der Waals surface area contributed by atoms with Crippen LogP contribution in [0.5, 0.6) is 0 Å². The Labute approximate surface area is 88.4 Å². The molecule has 0 amide bonds. The zero-order valence-electron chi connectivity index (χ0n) is 8.50. The fourth-order valence-electron chi connectivity index (χ4n) is 1.50. The Morgan fingerprint density at radius 3 is 2.33 bits per heavy atom. The number of aryl methyl sites for hydroxylation is 1. The van der Waals surface area contributed by atoms with Crippen LogP contribution in [0.15, 0.2) is 42.5 Å². The van der Waals surface area contributed by atoms with Crippen molar-refractivity contribution in [3.05, 3.63) is 53.8 Å². The Bertz CT molecular complexity index is 474. The van der Waals surface area contributed by atoms with Crippen molar-refractivity contribution in [3.8, 4) is 11.1 Å². The molecule has 0 saturated carbocycles. The van der Waals surface area contributed by atoms with Crippen molar-refractivity contribution in [1.29, 1.82) is 0 Å². The number of benzene rings is 2. The number of nitrogen functional groups attached to an aromatic ring is 1. The average Bonchev–Trinajstić information content (AvgIpc) is 2.23. The van der Waals surface area contributed by atoms with E-state index in [-0.39, 0.29) is 5.82 Å². The van der Waals surface area contributed by atoms with Gasteiger partial charge in [-0.3, -0.25) is 0 Å². The first-order valence-electron chi connectivity index (χ1n) is 4.79. The molecule has 1 nitrogen and oxygen atoms in total. The van der Waals surface area contributed by atoms with Gasteiger partial charge in [0.2, 0.25) is 0 Å². The number of anilines is 1. The fourth-order valence-corrected chi connectivity index (χ4v) is 1.50. The van der Waals surface area contributed by atoms with Gasteiger partial charge in [-0.05, 0) is 30.7 Å². The van der Waals surface area contributed by atoms with Crippen molar-refractivity contribution in [2.24, 2.45) is 0 Å². The predicted octanol–water partition coefficient (Wildman–Crippen LogP) is 3.38. The van der Waals surface area contributed by atoms with Gasteiger partial charge in [-0.1, -0.05) is 29.8 Å². The minimum atomic E-state index is -0.243. The summed E-state index contributed by atoms with van der Waals surface area (Å²) in [5.41, 5.74) is 8.76. The third kappa shape index (κ3) is 1.99. The molecule has 0 fully saturated rings. The third-order valence-corrected chi connectivity index (χ3v) is 2.35. The highest BCUT2D eigenvalue weighted by atomic mass is 19.1. The lowest BCUT2D eigenvalue weighted by Crippen LogP contribution is -1.89. The first-order chi connectivity index (χ1) is 7.16. The lowest BCUT2D eigenvalue weighted by molar-refractivity contribution is 0.631. The van der Waals surface area contributed by atoms with E-state index < -0.39 is 0 Å². The van der Waals surface area contributed by atoms with Crippen LogP contribution in [-0.2, 0) is 0 Å². The van der Waals surface area contributed by atoms with Crippen LogP contribution in [0.3, 0.4) is 0 Å². The minimum Gasteiger partial charge on any atom is -0.399 e. The van der Waals surface area contributed by atoms with E-state index in [1.165, 1.54) is 6.07 Å². The van der Waals surface area contributed by atoms with Crippen LogP contribution in [0.1, 0.15) is 5.56 Å². The normalized spacial score (nSPS) is 10.3. The summed E-state index contributed by atoms with van der Waals surface area (Å²) in [6.45, 7) is 2.00. The number of hydrogen-bond acceptors (Lipinski definition) is 1. The molecule has 0 radical (unpaired) electrons. The quantitative estimate of drug-likeness (QED) is 0.703. The van der Waals surface area contributed by atoms with E-state index in [1.807, 2.05) is 31.2 Å². The van der Waals surface area contributed by atoms with E-state index in [0.29, 0.717) is 11.3 Å². The standard InChI is InChI=1S/C13H12FN/c1-9-2-4-10(5-3-9)12-8-11(15)6-7-13(12)14/h2-8H,15H2,1H3. The van der Waals surface area contributed by atoms with Crippen LogP contribution in [0.2, 0.25) is 0 Å². The molecule has 2 rings (SSSR count). The van der Waals surface area contributed by atoms with Gasteiger partial charge in [0.25, 0.3) is 0 Å². The number of halogens is 1. The molecule has 0 spiro atoms. The molecule has 0 aliphatic heterocycles. The van der Waals surface area contributed by atoms with E-state index in [9.17, 15) is 4.39 Å².